The van der Waals surface area contributed by atoms with Crippen molar-refractivity contribution in [2.75, 3.05) is 26.2 Å². The summed E-state index contributed by atoms with van der Waals surface area (Å²) in [6.45, 7) is 7.48. The maximum Gasteiger partial charge on any atom is 0.501 e. The van der Waals surface area contributed by atoms with Crippen molar-refractivity contribution in [2.45, 2.75) is 75.2 Å². The van der Waals surface area contributed by atoms with Gasteiger partial charge in [0.2, 0.25) is 5.91 Å². The summed E-state index contributed by atoms with van der Waals surface area (Å²) in [4.78, 5) is 15.6. The molecule has 0 N–H and O–H groups in total. The number of sulfone groups is 1. The molecule has 1 unspecified atom stereocenters. The molecule has 0 radical (unpaired) electrons. The Kier molecular flexibility index (Phi) is 9.36. The van der Waals surface area contributed by atoms with Gasteiger partial charge in [-0.25, -0.2) is 8.42 Å². The first-order chi connectivity index (χ1) is 14.6. The van der Waals surface area contributed by atoms with Crippen molar-refractivity contribution in [3.05, 3.63) is 29.8 Å². The van der Waals surface area contributed by atoms with Crippen molar-refractivity contribution in [3.63, 3.8) is 0 Å². The minimum Gasteiger partial charge on any atom is -0.343 e. The molecular weight excluding hydrogens is 429 g/mol. The van der Waals surface area contributed by atoms with Gasteiger partial charge in [0.15, 0.2) is 0 Å². The largest absolute Gasteiger partial charge is 0.501 e. The summed E-state index contributed by atoms with van der Waals surface area (Å²) in [5, 5.41) is 0. The summed E-state index contributed by atoms with van der Waals surface area (Å²) in [6.07, 6.45) is 6.36. The number of carbonyl (C=O) groups is 1. The van der Waals surface area contributed by atoms with Crippen LogP contribution in [0.4, 0.5) is 13.2 Å². The van der Waals surface area contributed by atoms with Crippen molar-refractivity contribution >= 4 is 15.7 Å². The van der Waals surface area contributed by atoms with Gasteiger partial charge in [-0.15, -0.1) is 0 Å². The standard InChI is InChI=1S/C22H33F3N2O3S/c1-3-26(14-7-8-16-27-15-6-4-5-9-21(27)28)18(2)17-19-10-12-20(13-11-19)31(29,30)22(23,24)25/h10-13,18H,3-9,14-17H2,1-2H3. The molecule has 0 aliphatic carbocycles. The van der Waals surface area contributed by atoms with Gasteiger partial charge < -0.3 is 9.80 Å². The second kappa shape index (κ2) is 11.3. The van der Waals surface area contributed by atoms with E-state index in [9.17, 15) is 26.4 Å². The quantitative estimate of drug-likeness (QED) is 0.483. The van der Waals surface area contributed by atoms with Crippen molar-refractivity contribution in [1.29, 1.82) is 0 Å². The number of rotatable bonds is 10. The maximum atomic E-state index is 12.7. The van der Waals surface area contributed by atoms with Crippen LogP contribution in [0.1, 0.15) is 57.9 Å². The Bertz CT molecular complexity index is 810. The first-order valence-corrected chi connectivity index (χ1v) is 12.5. The third kappa shape index (κ3) is 7.20. The fourth-order valence-electron chi connectivity index (χ4n) is 3.99. The lowest BCUT2D eigenvalue weighted by molar-refractivity contribution is -0.130. The number of unbranched alkanes of at least 4 members (excludes halogenated alkanes) is 1. The maximum absolute atomic E-state index is 12.7. The Morgan fingerprint density at radius 2 is 1.77 bits per heavy atom. The van der Waals surface area contributed by atoms with E-state index in [1.54, 1.807) is 0 Å². The summed E-state index contributed by atoms with van der Waals surface area (Å²) in [5.74, 6) is 0.259. The molecular formula is C22H33F3N2O3S. The fraction of sp³-hybridized carbons (Fsp3) is 0.682. The molecule has 2 rings (SSSR count). The molecule has 1 aromatic carbocycles. The van der Waals surface area contributed by atoms with E-state index in [1.165, 1.54) is 12.1 Å². The number of hydrogen-bond donors (Lipinski definition) is 0. The van der Waals surface area contributed by atoms with Crippen LogP contribution in [0, 0.1) is 0 Å². The first kappa shape index (κ1) is 25.6. The number of hydrogen-bond acceptors (Lipinski definition) is 4. The number of alkyl halides is 3. The van der Waals surface area contributed by atoms with E-state index in [-0.39, 0.29) is 11.9 Å². The van der Waals surface area contributed by atoms with Gasteiger partial charge in [0.1, 0.15) is 0 Å². The molecule has 1 aliphatic rings. The van der Waals surface area contributed by atoms with Gasteiger partial charge in [-0.05, 0) is 69.8 Å². The normalized spacial score (nSPS) is 17.1. The summed E-state index contributed by atoms with van der Waals surface area (Å²) >= 11 is 0. The topological polar surface area (TPSA) is 57.7 Å². The molecule has 1 saturated heterocycles. The van der Waals surface area contributed by atoms with E-state index in [0.717, 1.165) is 76.0 Å². The summed E-state index contributed by atoms with van der Waals surface area (Å²) in [6, 6.07) is 5.12. The Morgan fingerprint density at radius 3 is 2.39 bits per heavy atom. The Balaban J connectivity index is 1.84. The molecule has 1 aliphatic heterocycles. The molecule has 1 aromatic rings. The third-order valence-electron chi connectivity index (χ3n) is 5.89. The van der Waals surface area contributed by atoms with Crippen LogP contribution < -0.4 is 0 Å². The molecule has 0 spiro atoms. The zero-order valence-electron chi connectivity index (χ0n) is 18.3. The number of halogens is 3. The molecule has 176 valence electrons. The zero-order chi connectivity index (χ0) is 23.1. The smallest absolute Gasteiger partial charge is 0.343 e. The highest BCUT2D eigenvalue weighted by Gasteiger charge is 2.46. The lowest BCUT2D eigenvalue weighted by atomic mass is 10.1. The number of benzene rings is 1. The highest BCUT2D eigenvalue weighted by molar-refractivity contribution is 7.92. The van der Waals surface area contributed by atoms with Gasteiger partial charge in [-0.2, -0.15) is 13.2 Å². The van der Waals surface area contributed by atoms with Crippen LogP contribution in [0.15, 0.2) is 29.2 Å². The van der Waals surface area contributed by atoms with Gasteiger partial charge in [-0.3, -0.25) is 4.79 Å². The lowest BCUT2D eigenvalue weighted by Crippen LogP contribution is -2.36. The molecule has 31 heavy (non-hydrogen) atoms. The average molecular weight is 463 g/mol. The van der Waals surface area contributed by atoms with Crippen molar-refractivity contribution < 1.29 is 26.4 Å². The predicted molar refractivity (Wildman–Crippen MR) is 114 cm³/mol. The van der Waals surface area contributed by atoms with E-state index in [1.807, 2.05) is 4.90 Å². The number of likely N-dealkylation sites (tertiary alicyclic amines) is 1. The number of carbonyl (C=O) groups excluding carboxylic acids is 1. The fourth-order valence-corrected chi connectivity index (χ4v) is 4.75. The highest BCUT2D eigenvalue weighted by atomic mass is 32.2. The average Bonchev–Trinajstić information content (AvgIpc) is 2.91. The van der Waals surface area contributed by atoms with E-state index in [4.69, 9.17) is 0 Å². The monoisotopic (exact) mass is 462 g/mol. The molecule has 1 fully saturated rings. The van der Waals surface area contributed by atoms with Gasteiger partial charge in [0, 0.05) is 25.6 Å². The van der Waals surface area contributed by atoms with E-state index >= 15 is 0 Å². The number of amides is 1. The molecule has 5 nitrogen and oxygen atoms in total. The molecule has 1 amide bonds. The van der Waals surface area contributed by atoms with Crippen LogP contribution in [0.5, 0.6) is 0 Å². The number of likely N-dealkylation sites (N-methyl/N-ethyl adjacent to an activating group) is 1. The van der Waals surface area contributed by atoms with E-state index in [0.29, 0.717) is 12.8 Å². The van der Waals surface area contributed by atoms with Crippen molar-refractivity contribution in [1.82, 2.24) is 9.80 Å². The van der Waals surface area contributed by atoms with Crippen LogP contribution in [-0.2, 0) is 21.1 Å². The van der Waals surface area contributed by atoms with Crippen LogP contribution in [-0.4, -0.2) is 61.9 Å². The molecule has 9 heteroatoms. The van der Waals surface area contributed by atoms with Crippen molar-refractivity contribution in [2.24, 2.45) is 0 Å². The van der Waals surface area contributed by atoms with Crippen LogP contribution >= 0.6 is 0 Å². The molecule has 1 atom stereocenters. The lowest BCUT2D eigenvalue weighted by Gasteiger charge is -2.28. The summed E-state index contributed by atoms with van der Waals surface area (Å²) < 4.78 is 61.0. The van der Waals surface area contributed by atoms with Gasteiger partial charge in [0.25, 0.3) is 9.84 Å². The minimum absolute atomic E-state index is 0.162. The second-order valence-corrected chi connectivity index (χ2v) is 10.1. The van der Waals surface area contributed by atoms with Crippen molar-refractivity contribution in [3.8, 4) is 0 Å². The van der Waals surface area contributed by atoms with Crippen LogP contribution in [0.2, 0.25) is 0 Å². The Morgan fingerprint density at radius 1 is 1.10 bits per heavy atom. The zero-order valence-corrected chi connectivity index (χ0v) is 19.1. The SMILES string of the molecule is CCN(CCCCN1CCCCCC1=O)C(C)Cc1ccc(S(=O)(=O)C(F)(F)F)cc1. The van der Waals surface area contributed by atoms with Crippen LogP contribution in [0.25, 0.3) is 0 Å². The summed E-state index contributed by atoms with van der Waals surface area (Å²) in [7, 11) is -5.31. The third-order valence-corrected chi connectivity index (χ3v) is 7.40. The van der Waals surface area contributed by atoms with Gasteiger partial charge >= 0.3 is 5.51 Å². The Hall–Kier alpha value is -1.61. The molecule has 0 bridgehead atoms. The van der Waals surface area contributed by atoms with E-state index < -0.39 is 20.2 Å². The van der Waals surface area contributed by atoms with Crippen LogP contribution in [0.3, 0.4) is 0 Å². The predicted octanol–water partition coefficient (Wildman–Crippen LogP) is 4.42. The minimum atomic E-state index is -5.31. The number of nitrogens with zero attached hydrogens (tertiary/aromatic N) is 2. The van der Waals surface area contributed by atoms with E-state index in [2.05, 4.69) is 18.7 Å². The summed E-state index contributed by atoms with van der Waals surface area (Å²) in [5.41, 5.74) is -4.50. The first-order valence-electron chi connectivity index (χ1n) is 11.0. The molecule has 1 heterocycles. The Labute approximate surface area is 183 Å². The molecule has 0 aromatic heterocycles. The van der Waals surface area contributed by atoms with Gasteiger partial charge in [0.05, 0.1) is 4.90 Å². The second-order valence-electron chi connectivity index (χ2n) is 8.17. The highest BCUT2D eigenvalue weighted by Crippen LogP contribution is 2.30. The van der Waals surface area contributed by atoms with Gasteiger partial charge in [-0.1, -0.05) is 25.5 Å². The molecule has 0 saturated carbocycles.